The summed E-state index contributed by atoms with van der Waals surface area (Å²) >= 11 is 0. The monoisotopic (exact) mass is 247 g/mol. The SMILES string of the molecule is CC(C)Oc1cccnc1NCc1cn[nH]c1N. The molecule has 0 bridgehead atoms. The number of H-pyrrole nitrogens is 1. The number of nitrogens with two attached hydrogens (primary N) is 1. The van der Waals surface area contributed by atoms with Crippen molar-refractivity contribution >= 4 is 11.6 Å². The first-order chi connectivity index (χ1) is 8.66. The molecule has 0 saturated carbocycles. The van der Waals surface area contributed by atoms with E-state index in [1.54, 1.807) is 12.4 Å². The second-order valence-electron chi connectivity index (χ2n) is 4.18. The summed E-state index contributed by atoms with van der Waals surface area (Å²) in [5.41, 5.74) is 6.61. The third kappa shape index (κ3) is 2.91. The minimum Gasteiger partial charge on any atom is -0.487 e. The fourth-order valence-electron chi connectivity index (χ4n) is 1.51. The lowest BCUT2D eigenvalue weighted by molar-refractivity contribution is 0.243. The van der Waals surface area contributed by atoms with E-state index in [4.69, 9.17) is 10.5 Å². The van der Waals surface area contributed by atoms with Gasteiger partial charge in [0.2, 0.25) is 0 Å². The van der Waals surface area contributed by atoms with Crippen molar-refractivity contribution in [3.05, 3.63) is 30.1 Å². The highest BCUT2D eigenvalue weighted by Crippen LogP contribution is 2.23. The van der Waals surface area contributed by atoms with Crippen LogP contribution in [-0.2, 0) is 6.54 Å². The van der Waals surface area contributed by atoms with Gasteiger partial charge in [0.25, 0.3) is 0 Å². The van der Waals surface area contributed by atoms with E-state index in [2.05, 4.69) is 20.5 Å². The highest BCUT2D eigenvalue weighted by Gasteiger charge is 2.07. The number of ether oxygens (including phenoxy) is 1. The first-order valence-corrected chi connectivity index (χ1v) is 5.80. The molecule has 96 valence electrons. The molecule has 0 aliphatic carbocycles. The molecule has 18 heavy (non-hydrogen) atoms. The van der Waals surface area contributed by atoms with Gasteiger partial charge < -0.3 is 15.8 Å². The number of nitrogens with one attached hydrogen (secondary N) is 2. The quantitative estimate of drug-likeness (QED) is 0.749. The van der Waals surface area contributed by atoms with E-state index >= 15 is 0 Å². The average Bonchev–Trinajstić information content (AvgIpc) is 2.73. The Morgan fingerprint density at radius 2 is 2.33 bits per heavy atom. The van der Waals surface area contributed by atoms with Gasteiger partial charge in [-0.15, -0.1) is 0 Å². The Morgan fingerprint density at radius 1 is 1.50 bits per heavy atom. The lowest BCUT2D eigenvalue weighted by Gasteiger charge is -2.14. The van der Waals surface area contributed by atoms with Crippen LogP contribution < -0.4 is 15.8 Å². The Labute approximate surface area is 106 Å². The number of anilines is 2. The van der Waals surface area contributed by atoms with E-state index in [0.29, 0.717) is 18.2 Å². The summed E-state index contributed by atoms with van der Waals surface area (Å²) in [5, 5.41) is 9.74. The third-order valence-electron chi connectivity index (χ3n) is 2.33. The van der Waals surface area contributed by atoms with Crippen LogP contribution in [0.15, 0.2) is 24.5 Å². The van der Waals surface area contributed by atoms with Crippen LogP contribution in [0.1, 0.15) is 19.4 Å². The summed E-state index contributed by atoms with van der Waals surface area (Å²) in [4.78, 5) is 4.25. The summed E-state index contributed by atoms with van der Waals surface area (Å²) in [6.45, 7) is 4.50. The fourth-order valence-corrected chi connectivity index (χ4v) is 1.51. The Hall–Kier alpha value is -2.24. The van der Waals surface area contributed by atoms with E-state index in [0.717, 1.165) is 11.3 Å². The Balaban J connectivity index is 2.07. The number of nitrogens with zero attached hydrogens (tertiary/aromatic N) is 2. The molecule has 0 unspecified atom stereocenters. The van der Waals surface area contributed by atoms with E-state index in [9.17, 15) is 0 Å². The van der Waals surface area contributed by atoms with Gasteiger partial charge in [0.15, 0.2) is 11.6 Å². The summed E-state index contributed by atoms with van der Waals surface area (Å²) in [6.07, 6.45) is 3.51. The molecule has 2 aromatic heterocycles. The van der Waals surface area contributed by atoms with Crippen molar-refractivity contribution in [1.29, 1.82) is 0 Å². The molecule has 0 aliphatic rings. The minimum atomic E-state index is 0.105. The molecule has 2 aromatic rings. The molecule has 2 heterocycles. The van der Waals surface area contributed by atoms with Crippen molar-refractivity contribution in [3.8, 4) is 5.75 Å². The molecule has 6 nitrogen and oxygen atoms in total. The van der Waals surface area contributed by atoms with Crippen LogP contribution in [0, 0.1) is 0 Å². The summed E-state index contributed by atoms with van der Waals surface area (Å²) in [5.74, 6) is 1.99. The van der Waals surface area contributed by atoms with Gasteiger partial charge in [-0.05, 0) is 26.0 Å². The van der Waals surface area contributed by atoms with Gasteiger partial charge in [-0.3, -0.25) is 5.10 Å². The number of hydrogen-bond donors (Lipinski definition) is 3. The Kier molecular flexibility index (Phi) is 3.66. The molecule has 4 N–H and O–H groups in total. The van der Waals surface area contributed by atoms with Crippen molar-refractivity contribution in [2.45, 2.75) is 26.5 Å². The van der Waals surface area contributed by atoms with E-state index < -0.39 is 0 Å². The maximum absolute atomic E-state index is 5.71. The zero-order valence-electron chi connectivity index (χ0n) is 10.5. The molecular weight excluding hydrogens is 230 g/mol. The fraction of sp³-hybridized carbons (Fsp3) is 0.333. The Morgan fingerprint density at radius 3 is 3.00 bits per heavy atom. The molecule has 0 amide bonds. The van der Waals surface area contributed by atoms with E-state index in [-0.39, 0.29) is 6.10 Å². The van der Waals surface area contributed by atoms with Crippen molar-refractivity contribution in [2.24, 2.45) is 0 Å². The van der Waals surface area contributed by atoms with Gasteiger partial charge in [0.1, 0.15) is 5.82 Å². The molecule has 0 saturated heterocycles. The van der Waals surface area contributed by atoms with Crippen LogP contribution in [0.2, 0.25) is 0 Å². The largest absolute Gasteiger partial charge is 0.487 e. The number of hydrogen-bond acceptors (Lipinski definition) is 5. The highest BCUT2D eigenvalue weighted by atomic mass is 16.5. The van der Waals surface area contributed by atoms with Gasteiger partial charge in [-0.25, -0.2) is 4.98 Å². The standard InChI is InChI=1S/C12H17N5O/c1-8(2)18-10-4-3-5-14-12(10)15-6-9-7-16-17-11(9)13/h3-5,7-8H,6H2,1-2H3,(H,14,15)(H3,13,16,17). The number of nitrogen functional groups attached to an aromatic ring is 1. The first kappa shape index (κ1) is 12.2. The molecule has 0 spiro atoms. The molecule has 0 aromatic carbocycles. The van der Waals surface area contributed by atoms with E-state index in [1.807, 2.05) is 26.0 Å². The lowest BCUT2D eigenvalue weighted by atomic mass is 10.3. The topological polar surface area (TPSA) is 88.8 Å². The molecule has 0 aliphatic heterocycles. The van der Waals surface area contributed by atoms with Crippen LogP contribution in [-0.4, -0.2) is 21.3 Å². The van der Waals surface area contributed by atoms with Crippen LogP contribution in [0.4, 0.5) is 11.6 Å². The minimum absolute atomic E-state index is 0.105. The lowest BCUT2D eigenvalue weighted by Crippen LogP contribution is -2.10. The maximum Gasteiger partial charge on any atom is 0.169 e. The second-order valence-corrected chi connectivity index (χ2v) is 4.18. The van der Waals surface area contributed by atoms with Crippen molar-refractivity contribution in [2.75, 3.05) is 11.1 Å². The summed E-state index contributed by atoms with van der Waals surface area (Å²) < 4.78 is 5.67. The highest BCUT2D eigenvalue weighted by molar-refractivity contribution is 5.51. The molecule has 2 rings (SSSR count). The first-order valence-electron chi connectivity index (χ1n) is 5.80. The number of pyridine rings is 1. The number of aromatic nitrogens is 3. The smallest absolute Gasteiger partial charge is 0.169 e. The zero-order valence-corrected chi connectivity index (χ0v) is 10.5. The van der Waals surface area contributed by atoms with E-state index in [1.165, 1.54) is 0 Å². The zero-order chi connectivity index (χ0) is 13.0. The predicted octanol–water partition coefficient (Wildman–Crippen LogP) is 1.79. The molecular formula is C12H17N5O. The normalized spacial score (nSPS) is 10.6. The predicted molar refractivity (Wildman–Crippen MR) is 70.3 cm³/mol. The van der Waals surface area contributed by atoms with Gasteiger partial charge in [0, 0.05) is 18.3 Å². The molecule has 0 atom stereocenters. The summed E-state index contributed by atoms with van der Waals surface area (Å²) in [6, 6.07) is 3.73. The average molecular weight is 247 g/mol. The molecule has 0 radical (unpaired) electrons. The van der Waals surface area contributed by atoms with Crippen LogP contribution >= 0.6 is 0 Å². The maximum atomic E-state index is 5.71. The third-order valence-corrected chi connectivity index (χ3v) is 2.33. The van der Waals surface area contributed by atoms with Crippen molar-refractivity contribution in [3.63, 3.8) is 0 Å². The van der Waals surface area contributed by atoms with Crippen LogP contribution in [0.5, 0.6) is 5.75 Å². The second kappa shape index (κ2) is 5.39. The van der Waals surface area contributed by atoms with Gasteiger partial charge in [-0.2, -0.15) is 5.10 Å². The van der Waals surface area contributed by atoms with Crippen LogP contribution in [0.25, 0.3) is 0 Å². The van der Waals surface area contributed by atoms with Crippen molar-refractivity contribution < 1.29 is 4.74 Å². The summed E-state index contributed by atoms with van der Waals surface area (Å²) in [7, 11) is 0. The van der Waals surface area contributed by atoms with Gasteiger partial charge in [0.05, 0.1) is 12.3 Å². The number of aromatic amines is 1. The Bertz CT molecular complexity index is 509. The van der Waals surface area contributed by atoms with Gasteiger partial charge >= 0.3 is 0 Å². The van der Waals surface area contributed by atoms with Crippen LogP contribution in [0.3, 0.4) is 0 Å². The van der Waals surface area contributed by atoms with Crippen molar-refractivity contribution in [1.82, 2.24) is 15.2 Å². The molecule has 0 fully saturated rings. The molecule has 6 heteroatoms. The number of rotatable bonds is 5. The van der Waals surface area contributed by atoms with Gasteiger partial charge in [-0.1, -0.05) is 0 Å².